The molecular formula is C27H21FO3S. The molecule has 0 amide bonds. The van der Waals surface area contributed by atoms with Gasteiger partial charge in [-0.3, -0.25) is 0 Å². The van der Waals surface area contributed by atoms with Gasteiger partial charge in [-0.2, -0.15) is 8.42 Å². The molecule has 1 fully saturated rings. The van der Waals surface area contributed by atoms with Crippen molar-refractivity contribution >= 4 is 10.1 Å². The molecule has 0 radical (unpaired) electrons. The molecule has 0 bridgehead atoms. The molecule has 3 nitrogen and oxygen atoms in total. The fourth-order valence-corrected chi connectivity index (χ4v) is 5.36. The maximum atomic E-state index is 13.1. The van der Waals surface area contributed by atoms with Crippen LogP contribution in [0.2, 0.25) is 0 Å². The van der Waals surface area contributed by atoms with Gasteiger partial charge in [0.2, 0.25) is 0 Å². The van der Waals surface area contributed by atoms with E-state index >= 15 is 0 Å². The van der Waals surface area contributed by atoms with Crippen LogP contribution in [0.1, 0.15) is 34.4 Å². The van der Waals surface area contributed by atoms with E-state index in [1.807, 2.05) is 24.3 Å². The summed E-state index contributed by atoms with van der Waals surface area (Å²) in [6, 6.07) is 32.7. The van der Waals surface area contributed by atoms with Gasteiger partial charge in [-0.1, -0.05) is 72.8 Å². The number of benzene rings is 4. The second-order valence-corrected chi connectivity index (χ2v) is 9.51. The molecular weight excluding hydrogens is 423 g/mol. The minimum atomic E-state index is -4.02. The van der Waals surface area contributed by atoms with E-state index in [1.54, 1.807) is 12.1 Å². The van der Waals surface area contributed by atoms with Crippen LogP contribution in [0, 0.1) is 5.82 Å². The molecule has 0 aromatic heterocycles. The van der Waals surface area contributed by atoms with Gasteiger partial charge in [0.15, 0.2) is 0 Å². The lowest BCUT2D eigenvalue weighted by Gasteiger charge is -2.08. The molecule has 5 heteroatoms. The first kappa shape index (κ1) is 20.5. The lowest BCUT2D eigenvalue weighted by molar-refractivity contribution is 0.485. The Kier molecular flexibility index (Phi) is 5.27. The van der Waals surface area contributed by atoms with Crippen molar-refractivity contribution in [2.75, 3.05) is 0 Å². The Balaban J connectivity index is 1.39. The topological polar surface area (TPSA) is 43.4 Å². The van der Waals surface area contributed by atoms with Crippen molar-refractivity contribution in [1.82, 2.24) is 0 Å². The first-order valence-electron chi connectivity index (χ1n) is 10.4. The molecule has 1 aliphatic rings. The molecule has 0 spiro atoms. The summed E-state index contributed by atoms with van der Waals surface area (Å²) in [5, 5.41) is 0. The first-order valence-corrected chi connectivity index (χ1v) is 11.8. The molecule has 0 N–H and O–H groups in total. The van der Waals surface area contributed by atoms with E-state index in [0.29, 0.717) is 17.8 Å². The van der Waals surface area contributed by atoms with Crippen LogP contribution in [0.3, 0.4) is 0 Å². The zero-order chi connectivity index (χ0) is 22.1. The van der Waals surface area contributed by atoms with E-state index in [2.05, 4.69) is 48.5 Å². The van der Waals surface area contributed by atoms with Crippen LogP contribution in [-0.4, -0.2) is 8.42 Å². The van der Waals surface area contributed by atoms with Crippen LogP contribution in [-0.2, 0) is 10.1 Å². The van der Waals surface area contributed by atoms with Gasteiger partial charge in [-0.15, -0.1) is 0 Å². The van der Waals surface area contributed by atoms with E-state index in [9.17, 15) is 12.8 Å². The van der Waals surface area contributed by atoms with Gasteiger partial charge in [0.1, 0.15) is 16.5 Å². The van der Waals surface area contributed by atoms with Crippen LogP contribution in [0.4, 0.5) is 4.39 Å². The maximum Gasteiger partial charge on any atom is 0.339 e. The van der Waals surface area contributed by atoms with Crippen molar-refractivity contribution in [2.45, 2.75) is 22.6 Å². The number of hydrogen-bond acceptors (Lipinski definition) is 3. The van der Waals surface area contributed by atoms with Crippen molar-refractivity contribution in [3.8, 4) is 5.75 Å². The quantitative estimate of drug-likeness (QED) is 0.330. The van der Waals surface area contributed by atoms with Gasteiger partial charge in [0, 0.05) is 0 Å². The zero-order valence-electron chi connectivity index (χ0n) is 17.1. The van der Waals surface area contributed by atoms with E-state index in [4.69, 9.17) is 4.18 Å². The van der Waals surface area contributed by atoms with Crippen molar-refractivity contribution in [3.05, 3.63) is 132 Å². The van der Waals surface area contributed by atoms with Crippen LogP contribution in [0.5, 0.6) is 5.75 Å². The Labute approximate surface area is 187 Å². The molecule has 0 aliphatic heterocycles. The molecule has 4 aromatic carbocycles. The Morgan fingerprint density at radius 2 is 1.00 bits per heavy atom. The maximum absolute atomic E-state index is 13.1. The van der Waals surface area contributed by atoms with Crippen LogP contribution in [0.15, 0.2) is 114 Å². The average molecular weight is 445 g/mol. The third kappa shape index (κ3) is 4.04. The SMILES string of the molecule is O=S(=O)(Oc1ccc(C2C(c3ccccc3)C2c2ccccc2)cc1)c1ccc(F)cc1. The summed E-state index contributed by atoms with van der Waals surface area (Å²) in [4.78, 5) is -0.0848. The highest BCUT2D eigenvalue weighted by Crippen LogP contribution is 2.66. The second kappa shape index (κ2) is 8.24. The Bertz CT molecular complexity index is 1260. The van der Waals surface area contributed by atoms with Crippen molar-refractivity contribution in [1.29, 1.82) is 0 Å². The largest absolute Gasteiger partial charge is 0.379 e. The molecule has 2 atom stereocenters. The third-order valence-electron chi connectivity index (χ3n) is 5.96. The third-order valence-corrected chi connectivity index (χ3v) is 7.22. The molecule has 1 saturated carbocycles. The lowest BCUT2D eigenvalue weighted by Crippen LogP contribution is -2.09. The second-order valence-electron chi connectivity index (χ2n) is 7.96. The summed E-state index contributed by atoms with van der Waals surface area (Å²) in [5.41, 5.74) is 3.73. The number of halogens is 1. The standard InChI is InChI=1S/C27H21FO3S/c28-22-13-17-24(18-14-22)32(29,30)31-23-15-11-21(12-16-23)27-25(19-7-3-1-4-8-19)26(27)20-9-5-2-6-10-20/h1-18,25-27H. The van der Waals surface area contributed by atoms with Crippen molar-refractivity contribution in [2.24, 2.45) is 0 Å². The predicted molar refractivity (Wildman–Crippen MR) is 122 cm³/mol. The van der Waals surface area contributed by atoms with E-state index in [0.717, 1.165) is 17.7 Å². The molecule has 1 aliphatic carbocycles. The molecule has 4 aromatic rings. The van der Waals surface area contributed by atoms with Crippen LogP contribution >= 0.6 is 0 Å². The fraction of sp³-hybridized carbons (Fsp3) is 0.111. The van der Waals surface area contributed by atoms with Gasteiger partial charge >= 0.3 is 10.1 Å². The summed E-state index contributed by atoms with van der Waals surface area (Å²) in [7, 11) is -4.02. The summed E-state index contributed by atoms with van der Waals surface area (Å²) >= 11 is 0. The van der Waals surface area contributed by atoms with Gasteiger partial charge < -0.3 is 4.18 Å². The highest BCUT2D eigenvalue weighted by atomic mass is 32.2. The monoisotopic (exact) mass is 444 g/mol. The minimum absolute atomic E-state index is 0.0848. The van der Waals surface area contributed by atoms with Crippen LogP contribution in [0.25, 0.3) is 0 Å². The van der Waals surface area contributed by atoms with E-state index in [1.165, 1.54) is 23.3 Å². The Morgan fingerprint density at radius 3 is 1.47 bits per heavy atom. The summed E-state index contributed by atoms with van der Waals surface area (Å²) in [5.74, 6) is 0.772. The summed E-state index contributed by atoms with van der Waals surface area (Å²) < 4.78 is 43.3. The van der Waals surface area contributed by atoms with E-state index in [-0.39, 0.29) is 10.6 Å². The van der Waals surface area contributed by atoms with Crippen molar-refractivity contribution in [3.63, 3.8) is 0 Å². The molecule has 5 rings (SSSR count). The lowest BCUT2D eigenvalue weighted by atomic mass is 10.0. The molecule has 0 heterocycles. The fourth-order valence-electron chi connectivity index (χ4n) is 4.43. The first-order chi connectivity index (χ1) is 15.5. The minimum Gasteiger partial charge on any atom is -0.379 e. The predicted octanol–water partition coefficient (Wildman–Crippen LogP) is 6.26. The summed E-state index contributed by atoms with van der Waals surface area (Å²) in [6.45, 7) is 0. The highest BCUT2D eigenvalue weighted by molar-refractivity contribution is 7.87. The molecule has 160 valence electrons. The van der Waals surface area contributed by atoms with Gasteiger partial charge in [-0.25, -0.2) is 4.39 Å². The van der Waals surface area contributed by atoms with Gasteiger partial charge in [0.05, 0.1) is 0 Å². The summed E-state index contributed by atoms with van der Waals surface area (Å²) in [6.07, 6.45) is 0. The highest BCUT2D eigenvalue weighted by Gasteiger charge is 2.52. The molecule has 32 heavy (non-hydrogen) atoms. The zero-order valence-corrected chi connectivity index (χ0v) is 18.0. The van der Waals surface area contributed by atoms with Crippen LogP contribution < -0.4 is 4.18 Å². The Morgan fingerprint density at radius 1 is 0.562 bits per heavy atom. The average Bonchev–Trinajstić information content (AvgIpc) is 3.56. The smallest absolute Gasteiger partial charge is 0.339 e. The van der Waals surface area contributed by atoms with E-state index < -0.39 is 15.9 Å². The van der Waals surface area contributed by atoms with Gasteiger partial charge in [-0.05, 0) is 70.8 Å². The molecule has 0 saturated heterocycles. The normalized spacial score (nSPS) is 20.0. The van der Waals surface area contributed by atoms with Crippen molar-refractivity contribution < 1.29 is 17.0 Å². The number of hydrogen-bond donors (Lipinski definition) is 0. The number of rotatable bonds is 6. The van der Waals surface area contributed by atoms with Gasteiger partial charge in [0.25, 0.3) is 0 Å². The Hall–Kier alpha value is -3.44. The molecule has 2 unspecified atom stereocenters.